The highest BCUT2D eigenvalue weighted by Gasteiger charge is 2.60. The van der Waals surface area contributed by atoms with E-state index in [2.05, 4.69) is 20.3 Å². The fourth-order valence-electron chi connectivity index (χ4n) is 3.30. The summed E-state index contributed by atoms with van der Waals surface area (Å²) in [5.41, 5.74) is 0.594. The minimum atomic E-state index is -2.45. The number of halogens is 1. The molecular formula is C12H14ClN5O2. The van der Waals surface area contributed by atoms with E-state index in [1.807, 2.05) is 0 Å². The molecule has 8 heteroatoms. The number of imidazole rings is 1. The zero-order valence-corrected chi connectivity index (χ0v) is 11.0. The smallest absolute Gasteiger partial charge is 0.226 e. The number of aliphatic hydroxyl groups excluding tert-OH is 2. The lowest BCUT2D eigenvalue weighted by atomic mass is 10.1. The number of nitrogens with one attached hydrogen (secondary N) is 1. The Labute approximate surface area is 123 Å². The molecule has 106 valence electrons. The van der Waals surface area contributed by atoms with Crippen LogP contribution < -0.4 is 5.32 Å². The van der Waals surface area contributed by atoms with Gasteiger partial charge in [-0.2, -0.15) is 9.97 Å². The van der Waals surface area contributed by atoms with Gasteiger partial charge in [-0.05, 0) is 29.9 Å². The van der Waals surface area contributed by atoms with Crippen LogP contribution in [0.3, 0.4) is 0 Å². The van der Waals surface area contributed by atoms with Gasteiger partial charge >= 0.3 is 0 Å². The topological polar surface area (TPSA) is 96.1 Å². The lowest BCUT2D eigenvalue weighted by molar-refractivity contribution is 0.00386. The summed E-state index contributed by atoms with van der Waals surface area (Å²) < 4.78 is 23.5. The highest BCUT2D eigenvalue weighted by molar-refractivity contribution is 6.28. The van der Waals surface area contributed by atoms with Crippen molar-refractivity contribution in [1.82, 2.24) is 19.5 Å². The van der Waals surface area contributed by atoms with Gasteiger partial charge < -0.3 is 20.1 Å². The van der Waals surface area contributed by atoms with Crippen LogP contribution in [0, 0.1) is 11.8 Å². The average Bonchev–Trinajstić information content (AvgIpc) is 3.03. The summed E-state index contributed by atoms with van der Waals surface area (Å²) in [5.74, 6) is 0.258. The molecule has 0 radical (unpaired) electrons. The minimum absolute atomic E-state index is 0.0131. The first kappa shape index (κ1) is 9.49. The third kappa shape index (κ3) is 1.51. The number of hydrogen-bond acceptors (Lipinski definition) is 6. The summed E-state index contributed by atoms with van der Waals surface area (Å²) in [6.45, 7) is -2.45. The van der Waals surface area contributed by atoms with Crippen LogP contribution in [0.1, 0.15) is 16.6 Å². The van der Waals surface area contributed by atoms with E-state index in [9.17, 15) is 10.2 Å². The fraction of sp³-hybridized carbons (Fsp3) is 0.583. The maximum atomic E-state index is 10.2. The zero-order chi connectivity index (χ0) is 16.5. The van der Waals surface area contributed by atoms with Gasteiger partial charge in [0.05, 0.1) is 18.5 Å². The monoisotopic (exact) mass is 298 g/mol. The van der Waals surface area contributed by atoms with E-state index in [0.717, 1.165) is 6.42 Å². The number of fused-ring (bicyclic) bond motifs is 2. The molecule has 2 aliphatic rings. The Balaban J connectivity index is 1.81. The molecule has 2 heterocycles. The Morgan fingerprint density at radius 1 is 1.40 bits per heavy atom. The molecule has 0 aliphatic heterocycles. The van der Waals surface area contributed by atoms with Crippen LogP contribution >= 0.6 is 11.6 Å². The zero-order valence-electron chi connectivity index (χ0n) is 13.2. The molecule has 2 aliphatic carbocycles. The summed E-state index contributed by atoms with van der Waals surface area (Å²) in [6.07, 6.45) is 0.632. The van der Waals surface area contributed by atoms with Gasteiger partial charge in [0.25, 0.3) is 0 Å². The standard InChI is InChI=1S/C12H14ClN5O2/c1-14-10-6-11(17-12(13)16-10)18(3-15-6)7-4-2-5(4)8(19)9(7)20/h3-5,7-9,19-20H,2H2,1H3,(H,14,16,17)/t4-,5+,7+,8+,9-/m0/s1/i1D3. The number of aliphatic hydroxyl groups is 2. The fourth-order valence-corrected chi connectivity index (χ4v) is 3.46. The molecule has 0 bridgehead atoms. The molecule has 0 spiro atoms. The summed E-state index contributed by atoms with van der Waals surface area (Å²) in [7, 11) is 0. The van der Waals surface area contributed by atoms with Crippen molar-refractivity contribution in [2.75, 3.05) is 12.3 Å². The normalized spacial score (nSPS) is 38.1. The molecule has 2 aromatic rings. The van der Waals surface area contributed by atoms with Gasteiger partial charge in [-0.15, -0.1) is 0 Å². The van der Waals surface area contributed by atoms with Crippen molar-refractivity contribution < 1.29 is 14.3 Å². The van der Waals surface area contributed by atoms with Crippen molar-refractivity contribution >= 4 is 28.6 Å². The summed E-state index contributed by atoms with van der Waals surface area (Å²) in [5, 5.41) is 22.4. The lowest BCUT2D eigenvalue weighted by Gasteiger charge is -2.22. The maximum Gasteiger partial charge on any atom is 0.226 e. The summed E-state index contributed by atoms with van der Waals surface area (Å²) in [4.78, 5) is 12.2. The molecule has 0 unspecified atom stereocenters. The molecule has 7 nitrogen and oxygen atoms in total. The maximum absolute atomic E-state index is 10.2. The van der Waals surface area contributed by atoms with Crippen LogP contribution in [0.5, 0.6) is 0 Å². The van der Waals surface area contributed by atoms with E-state index < -0.39 is 19.2 Å². The van der Waals surface area contributed by atoms with Gasteiger partial charge in [-0.1, -0.05) is 0 Å². The first-order valence-corrected chi connectivity index (χ1v) is 6.68. The van der Waals surface area contributed by atoms with Crippen LogP contribution in [0.25, 0.3) is 11.2 Å². The third-order valence-corrected chi connectivity index (χ3v) is 4.47. The second-order valence-electron chi connectivity index (χ2n) is 5.33. The molecule has 20 heavy (non-hydrogen) atoms. The molecule has 5 atom stereocenters. The molecule has 0 saturated heterocycles. The highest BCUT2D eigenvalue weighted by Crippen LogP contribution is 2.57. The molecule has 2 fully saturated rings. The largest absolute Gasteiger partial charge is 0.390 e. The lowest BCUT2D eigenvalue weighted by Crippen LogP contribution is -2.31. The first-order chi connectivity index (χ1) is 10.8. The van der Waals surface area contributed by atoms with Crippen molar-refractivity contribution in [2.45, 2.75) is 24.7 Å². The van der Waals surface area contributed by atoms with E-state index in [-0.39, 0.29) is 34.5 Å². The molecule has 3 N–H and O–H groups in total. The Hall–Kier alpha value is -1.44. The number of anilines is 1. The predicted octanol–water partition coefficient (Wildman–Crippen LogP) is 0.434. The van der Waals surface area contributed by atoms with Crippen LogP contribution in [-0.2, 0) is 0 Å². The van der Waals surface area contributed by atoms with Crippen molar-refractivity contribution in [3.8, 4) is 0 Å². The first-order valence-electron chi connectivity index (χ1n) is 7.80. The van der Waals surface area contributed by atoms with Crippen molar-refractivity contribution in [2.24, 2.45) is 11.8 Å². The second kappa shape index (κ2) is 4.03. The second-order valence-corrected chi connectivity index (χ2v) is 5.66. The Kier molecular flexibility index (Phi) is 1.91. The van der Waals surface area contributed by atoms with Crippen LogP contribution in [0.4, 0.5) is 5.82 Å². The Morgan fingerprint density at radius 3 is 2.95 bits per heavy atom. The SMILES string of the molecule is [2H]C([2H])([2H])Nc1nc(Cl)nc2c1ncn2[C@H]1[C@H](O)[C@H](O)[C@@H]2C[C@@H]21. The number of nitrogens with zero attached hydrogens (tertiary/aromatic N) is 4. The number of rotatable bonds is 2. The molecule has 4 rings (SSSR count). The van der Waals surface area contributed by atoms with E-state index in [1.165, 1.54) is 6.33 Å². The Bertz CT molecular complexity index is 782. The molecular weight excluding hydrogens is 282 g/mol. The number of aromatic nitrogens is 4. The van der Waals surface area contributed by atoms with Crippen LogP contribution in [0.2, 0.25) is 5.28 Å². The van der Waals surface area contributed by atoms with Crippen molar-refractivity contribution in [3.63, 3.8) is 0 Å². The number of hydrogen-bond donors (Lipinski definition) is 3. The average molecular weight is 299 g/mol. The highest BCUT2D eigenvalue weighted by atomic mass is 35.5. The van der Waals surface area contributed by atoms with Crippen molar-refractivity contribution in [1.29, 1.82) is 0 Å². The summed E-state index contributed by atoms with van der Waals surface area (Å²) in [6, 6.07) is -0.355. The van der Waals surface area contributed by atoms with Gasteiger partial charge in [-0.25, -0.2) is 4.98 Å². The molecule has 0 aromatic carbocycles. The predicted molar refractivity (Wildman–Crippen MR) is 72.5 cm³/mol. The van der Waals surface area contributed by atoms with Gasteiger partial charge in [0.2, 0.25) is 5.28 Å². The van der Waals surface area contributed by atoms with Gasteiger partial charge in [0.1, 0.15) is 6.10 Å². The minimum Gasteiger partial charge on any atom is -0.390 e. The van der Waals surface area contributed by atoms with Gasteiger partial charge in [-0.3, -0.25) is 0 Å². The summed E-state index contributed by atoms with van der Waals surface area (Å²) >= 11 is 5.90. The van der Waals surface area contributed by atoms with E-state index >= 15 is 0 Å². The van der Waals surface area contributed by atoms with Gasteiger partial charge in [0, 0.05) is 11.1 Å². The van der Waals surface area contributed by atoms with E-state index in [4.69, 9.17) is 15.7 Å². The Morgan fingerprint density at radius 2 is 2.25 bits per heavy atom. The van der Waals surface area contributed by atoms with Crippen LogP contribution in [-0.4, -0.2) is 48.9 Å². The quantitative estimate of drug-likeness (QED) is 0.696. The third-order valence-electron chi connectivity index (χ3n) is 4.30. The molecule has 2 aromatic heterocycles. The molecule has 2 saturated carbocycles. The van der Waals surface area contributed by atoms with Crippen LogP contribution in [0.15, 0.2) is 6.33 Å². The van der Waals surface area contributed by atoms with Gasteiger partial charge in [0.15, 0.2) is 17.0 Å². The van der Waals surface area contributed by atoms with E-state index in [1.54, 1.807) is 4.57 Å². The molecule has 0 amide bonds. The van der Waals surface area contributed by atoms with E-state index in [0.29, 0.717) is 5.65 Å². The van der Waals surface area contributed by atoms with Crippen molar-refractivity contribution in [3.05, 3.63) is 11.6 Å².